The van der Waals surface area contributed by atoms with Crippen LogP contribution in [0.2, 0.25) is 5.02 Å². The molecule has 1 saturated carbocycles. The van der Waals surface area contributed by atoms with Crippen LogP contribution in [0.4, 0.5) is 0 Å². The van der Waals surface area contributed by atoms with Crippen LogP contribution in [0, 0.1) is 12.8 Å². The van der Waals surface area contributed by atoms with Crippen molar-refractivity contribution in [2.45, 2.75) is 37.1 Å². The van der Waals surface area contributed by atoms with Crippen molar-refractivity contribution in [2.75, 3.05) is 0 Å². The Hall–Kier alpha value is -1.11. The number of sulfonamides is 1. The van der Waals surface area contributed by atoms with E-state index in [4.69, 9.17) is 16.7 Å². The molecule has 0 spiro atoms. The maximum Gasteiger partial charge on any atom is 0.304 e. The third-order valence-corrected chi connectivity index (χ3v) is 5.20. The summed E-state index contributed by atoms with van der Waals surface area (Å²) in [7, 11) is -3.76. The SMILES string of the molecule is Cc1ccc(Cl)cc1S(=O)(=O)NC(CC(=O)O)C1CC1. The average molecular weight is 318 g/mol. The van der Waals surface area contributed by atoms with Crippen LogP contribution in [-0.2, 0) is 14.8 Å². The minimum atomic E-state index is -3.76. The minimum Gasteiger partial charge on any atom is -0.481 e. The van der Waals surface area contributed by atoms with Gasteiger partial charge in [0.1, 0.15) is 0 Å². The molecule has 7 heteroatoms. The zero-order valence-corrected chi connectivity index (χ0v) is 12.5. The number of hydrogen-bond acceptors (Lipinski definition) is 3. The third kappa shape index (κ3) is 3.71. The van der Waals surface area contributed by atoms with Crippen LogP contribution in [-0.4, -0.2) is 25.5 Å². The van der Waals surface area contributed by atoms with E-state index in [1.165, 1.54) is 6.07 Å². The van der Waals surface area contributed by atoms with Gasteiger partial charge in [-0.05, 0) is 43.4 Å². The molecule has 1 unspecified atom stereocenters. The molecule has 1 aliphatic rings. The molecule has 5 nitrogen and oxygen atoms in total. The predicted octanol–water partition coefficient (Wildman–Crippen LogP) is 2.18. The second-order valence-electron chi connectivity index (χ2n) is 5.07. The largest absolute Gasteiger partial charge is 0.481 e. The summed E-state index contributed by atoms with van der Waals surface area (Å²) in [5, 5.41) is 9.20. The zero-order valence-electron chi connectivity index (χ0n) is 11.0. The van der Waals surface area contributed by atoms with E-state index >= 15 is 0 Å². The Bertz CT molecular complexity index is 625. The molecule has 1 aromatic carbocycles. The number of hydrogen-bond donors (Lipinski definition) is 2. The van der Waals surface area contributed by atoms with Gasteiger partial charge in [-0.2, -0.15) is 0 Å². The summed E-state index contributed by atoms with van der Waals surface area (Å²) < 4.78 is 27.2. The van der Waals surface area contributed by atoms with Crippen molar-refractivity contribution in [2.24, 2.45) is 5.92 Å². The lowest BCUT2D eigenvalue weighted by Crippen LogP contribution is -2.38. The highest BCUT2D eigenvalue weighted by Gasteiger charge is 2.36. The first-order valence-corrected chi connectivity index (χ1v) is 8.16. The molecule has 0 radical (unpaired) electrons. The Morgan fingerprint density at radius 2 is 2.15 bits per heavy atom. The number of aliphatic carboxylic acids is 1. The molecule has 20 heavy (non-hydrogen) atoms. The van der Waals surface area contributed by atoms with Crippen molar-refractivity contribution < 1.29 is 18.3 Å². The number of nitrogens with one attached hydrogen (secondary N) is 1. The van der Waals surface area contributed by atoms with Gasteiger partial charge in [0, 0.05) is 11.1 Å². The molecular weight excluding hydrogens is 302 g/mol. The van der Waals surface area contributed by atoms with Crippen LogP contribution in [0.5, 0.6) is 0 Å². The number of carboxylic acids is 1. The molecule has 0 bridgehead atoms. The van der Waals surface area contributed by atoms with Crippen LogP contribution >= 0.6 is 11.6 Å². The summed E-state index contributed by atoms with van der Waals surface area (Å²) in [6.45, 7) is 1.67. The lowest BCUT2D eigenvalue weighted by atomic mass is 10.1. The maximum atomic E-state index is 12.4. The standard InChI is InChI=1S/C13H16ClNO4S/c1-8-2-5-10(14)6-12(8)20(18,19)15-11(7-13(16)17)9-3-4-9/h2,5-6,9,11,15H,3-4,7H2,1H3,(H,16,17). The quantitative estimate of drug-likeness (QED) is 0.842. The topological polar surface area (TPSA) is 83.5 Å². The van der Waals surface area contributed by atoms with Crippen molar-refractivity contribution in [1.29, 1.82) is 0 Å². The molecule has 1 aliphatic carbocycles. The smallest absolute Gasteiger partial charge is 0.304 e. The summed E-state index contributed by atoms with van der Waals surface area (Å²) in [6.07, 6.45) is 1.51. The number of benzene rings is 1. The first kappa shape index (κ1) is 15.3. The number of carbonyl (C=O) groups is 1. The molecule has 0 aliphatic heterocycles. The number of aryl methyl sites for hydroxylation is 1. The van der Waals surface area contributed by atoms with Gasteiger partial charge in [-0.15, -0.1) is 0 Å². The monoisotopic (exact) mass is 317 g/mol. The zero-order chi connectivity index (χ0) is 14.9. The molecular formula is C13H16ClNO4S. The van der Waals surface area contributed by atoms with Crippen LogP contribution in [0.1, 0.15) is 24.8 Å². The van der Waals surface area contributed by atoms with E-state index in [9.17, 15) is 13.2 Å². The van der Waals surface area contributed by atoms with E-state index in [0.717, 1.165) is 12.8 Å². The van der Waals surface area contributed by atoms with E-state index in [-0.39, 0.29) is 17.2 Å². The molecule has 0 heterocycles. The van der Waals surface area contributed by atoms with Crippen molar-refractivity contribution in [3.63, 3.8) is 0 Å². The van der Waals surface area contributed by atoms with Crippen LogP contribution < -0.4 is 4.72 Å². The molecule has 2 rings (SSSR count). The number of rotatable bonds is 6. The first-order valence-electron chi connectivity index (χ1n) is 6.30. The maximum absolute atomic E-state index is 12.4. The third-order valence-electron chi connectivity index (χ3n) is 3.33. The van der Waals surface area contributed by atoms with E-state index < -0.39 is 22.0 Å². The number of carboxylic acid groups (broad SMARTS) is 1. The molecule has 0 aromatic heterocycles. The second-order valence-corrected chi connectivity index (χ2v) is 7.19. The van der Waals surface area contributed by atoms with E-state index in [2.05, 4.69) is 4.72 Å². The van der Waals surface area contributed by atoms with Gasteiger partial charge in [0.2, 0.25) is 10.0 Å². The highest BCUT2D eigenvalue weighted by atomic mass is 35.5. The van der Waals surface area contributed by atoms with E-state index in [0.29, 0.717) is 10.6 Å². The summed E-state index contributed by atoms with van der Waals surface area (Å²) in [5.74, 6) is -0.896. The fraction of sp³-hybridized carbons (Fsp3) is 0.462. The molecule has 110 valence electrons. The van der Waals surface area contributed by atoms with Crippen molar-refractivity contribution in [3.05, 3.63) is 28.8 Å². The van der Waals surface area contributed by atoms with Gasteiger partial charge in [-0.1, -0.05) is 17.7 Å². The van der Waals surface area contributed by atoms with Gasteiger partial charge in [0.15, 0.2) is 0 Å². The van der Waals surface area contributed by atoms with Crippen molar-refractivity contribution in [3.8, 4) is 0 Å². The normalized spacial score (nSPS) is 16.9. The van der Waals surface area contributed by atoms with Gasteiger partial charge >= 0.3 is 5.97 Å². The second kappa shape index (κ2) is 5.71. The fourth-order valence-corrected chi connectivity index (χ4v) is 3.93. The lowest BCUT2D eigenvalue weighted by Gasteiger charge is -2.17. The highest BCUT2D eigenvalue weighted by Crippen LogP contribution is 2.35. The summed E-state index contributed by atoms with van der Waals surface area (Å²) >= 11 is 5.83. The fourth-order valence-electron chi connectivity index (χ4n) is 2.12. The van der Waals surface area contributed by atoms with Crippen molar-refractivity contribution >= 4 is 27.6 Å². The van der Waals surface area contributed by atoms with Crippen LogP contribution in [0.15, 0.2) is 23.1 Å². The summed E-state index contributed by atoms with van der Waals surface area (Å²) in [6, 6.07) is 4.06. The molecule has 1 fully saturated rings. The Balaban J connectivity index is 2.25. The average Bonchev–Trinajstić information content (AvgIpc) is 3.14. The van der Waals surface area contributed by atoms with Crippen molar-refractivity contribution in [1.82, 2.24) is 4.72 Å². The lowest BCUT2D eigenvalue weighted by molar-refractivity contribution is -0.137. The Morgan fingerprint density at radius 1 is 1.50 bits per heavy atom. The van der Waals surface area contributed by atoms with E-state index in [1.54, 1.807) is 19.1 Å². The van der Waals surface area contributed by atoms with Gasteiger partial charge in [-0.3, -0.25) is 4.79 Å². The summed E-state index contributed by atoms with van der Waals surface area (Å²) in [4.78, 5) is 10.9. The number of halogens is 1. The molecule has 1 aromatic rings. The summed E-state index contributed by atoms with van der Waals surface area (Å²) in [5.41, 5.74) is 0.576. The Kier molecular flexibility index (Phi) is 4.36. The minimum absolute atomic E-state index is 0.0982. The van der Waals surface area contributed by atoms with Gasteiger partial charge in [0.05, 0.1) is 11.3 Å². The van der Waals surface area contributed by atoms with Crippen LogP contribution in [0.25, 0.3) is 0 Å². The Morgan fingerprint density at radius 3 is 2.70 bits per heavy atom. The Labute approximate surface area is 123 Å². The van der Waals surface area contributed by atoms with E-state index in [1.807, 2.05) is 0 Å². The molecule has 0 saturated heterocycles. The molecule has 0 amide bonds. The van der Waals surface area contributed by atoms with Gasteiger partial charge in [0.25, 0.3) is 0 Å². The van der Waals surface area contributed by atoms with Gasteiger partial charge < -0.3 is 5.11 Å². The molecule has 1 atom stereocenters. The predicted molar refractivity (Wildman–Crippen MR) is 75.3 cm³/mol. The first-order chi connectivity index (χ1) is 9.29. The van der Waals surface area contributed by atoms with Gasteiger partial charge in [-0.25, -0.2) is 13.1 Å². The highest BCUT2D eigenvalue weighted by molar-refractivity contribution is 7.89. The van der Waals surface area contributed by atoms with Crippen LogP contribution in [0.3, 0.4) is 0 Å². The molecule has 2 N–H and O–H groups in total.